The van der Waals surface area contributed by atoms with E-state index in [2.05, 4.69) is 11.9 Å². The van der Waals surface area contributed by atoms with E-state index in [0.717, 1.165) is 24.1 Å². The van der Waals surface area contributed by atoms with Crippen LogP contribution in [0.15, 0.2) is 12.1 Å². The second-order valence-electron chi connectivity index (χ2n) is 4.53. The van der Waals surface area contributed by atoms with Crippen LogP contribution in [0.3, 0.4) is 0 Å². The molecule has 0 aromatic carbocycles. The maximum Gasteiger partial charge on any atom is 0.214 e. The molecular weight excluding hydrogens is 202 g/mol. The molecule has 3 nitrogen and oxygen atoms in total. The highest BCUT2D eigenvalue weighted by molar-refractivity contribution is 5.25. The van der Waals surface area contributed by atoms with E-state index in [4.69, 9.17) is 9.84 Å². The molecule has 0 unspecified atom stereocenters. The van der Waals surface area contributed by atoms with Crippen molar-refractivity contribution < 1.29 is 9.84 Å². The van der Waals surface area contributed by atoms with Gasteiger partial charge in [-0.3, -0.25) is 0 Å². The van der Waals surface area contributed by atoms with Gasteiger partial charge in [0, 0.05) is 11.8 Å². The summed E-state index contributed by atoms with van der Waals surface area (Å²) in [6.45, 7) is 8.21. The van der Waals surface area contributed by atoms with Crippen molar-refractivity contribution in [1.29, 1.82) is 0 Å². The molecule has 1 rings (SSSR count). The van der Waals surface area contributed by atoms with Gasteiger partial charge in [-0.05, 0) is 38.3 Å². The molecule has 0 atom stereocenters. The van der Waals surface area contributed by atoms with Gasteiger partial charge in [-0.1, -0.05) is 13.8 Å². The van der Waals surface area contributed by atoms with Crippen LogP contribution in [0.2, 0.25) is 0 Å². The SMILES string of the molecule is CCc1cc(CO)cc(OC(C)(C)CC)n1. The van der Waals surface area contributed by atoms with Crippen LogP contribution < -0.4 is 4.74 Å². The van der Waals surface area contributed by atoms with Gasteiger partial charge in [0.05, 0.1) is 6.61 Å². The first-order valence-corrected chi connectivity index (χ1v) is 5.80. The highest BCUT2D eigenvalue weighted by Gasteiger charge is 2.18. The molecule has 3 heteroatoms. The highest BCUT2D eigenvalue weighted by Crippen LogP contribution is 2.21. The second-order valence-corrected chi connectivity index (χ2v) is 4.53. The minimum Gasteiger partial charge on any atom is -0.472 e. The van der Waals surface area contributed by atoms with Crippen molar-refractivity contribution in [3.63, 3.8) is 0 Å². The van der Waals surface area contributed by atoms with E-state index in [1.165, 1.54) is 0 Å². The monoisotopic (exact) mass is 223 g/mol. The molecule has 90 valence electrons. The van der Waals surface area contributed by atoms with Crippen molar-refractivity contribution in [2.45, 2.75) is 52.7 Å². The zero-order valence-electron chi connectivity index (χ0n) is 10.6. The molecule has 0 amide bonds. The number of aliphatic hydroxyl groups excluding tert-OH is 1. The first-order chi connectivity index (χ1) is 7.50. The topological polar surface area (TPSA) is 42.4 Å². The van der Waals surface area contributed by atoms with Gasteiger partial charge in [0.1, 0.15) is 5.60 Å². The number of rotatable bonds is 5. The molecule has 0 bridgehead atoms. The number of hydrogen-bond acceptors (Lipinski definition) is 3. The number of ether oxygens (including phenoxy) is 1. The average molecular weight is 223 g/mol. The van der Waals surface area contributed by atoms with Crippen LogP contribution in [0, 0.1) is 0 Å². The molecule has 0 saturated carbocycles. The molecule has 1 aromatic heterocycles. The van der Waals surface area contributed by atoms with E-state index in [0.29, 0.717) is 5.88 Å². The summed E-state index contributed by atoms with van der Waals surface area (Å²) in [4.78, 5) is 4.40. The van der Waals surface area contributed by atoms with E-state index >= 15 is 0 Å². The fourth-order valence-electron chi connectivity index (χ4n) is 1.30. The number of aliphatic hydroxyl groups is 1. The zero-order chi connectivity index (χ0) is 12.2. The zero-order valence-corrected chi connectivity index (χ0v) is 10.6. The third-order valence-corrected chi connectivity index (χ3v) is 2.69. The maximum absolute atomic E-state index is 9.15. The molecule has 1 N–H and O–H groups in total. The normalized spacial score (nSPS) is 11.6. The van der Waals surface area contributed by atoms with Crippen LogP contribution in [0.4, 0.5) is 0 Å². The van der Waals surface area contributed by atoms with Crippen LogP contribution in [0.5, 0.6) is 5.88 Å². The Labute approximate surface area is 97.5 Å². The Hall–Kier alpha value is -1.09. The Balaban J connectivity index is 2.95. The largest absolute Gasteiger partial charge is 0.472 e. The number of hydrogen-bond donors (Lipinski definition) is 1. The summed E-state index contributed by atoms with van der Waals surface area (Å²) in [6, 6.07) is 3.71. The van der Waals surface area contributed by atoms with Gasteiger partial charge in [0.25, 0.3) is 0 Å². The van der Waals surface area contributed by atoms with E-state index in [1.54, 1.807) is 6.07 Å². The van der Waals surface area contributed by atoms with Crippen molar-refractivity contribution >= 4 is 0 Å². The Kier molecular flexibility index (Phi) is 4.30. The maximum atomic E-state index is 9.15. The minimum absolute atomic E-state index is 0.0262. The Bertz CT molecular complexity index is 326. The lowest BCUT2D eigenvalue weighted by molar-refractivity contribution is 0.0984. The van der Waals surface area contributed by atoms with E-state index < -0.39 is 0 Å². The first kappa shape index (κ1) is 13.0. The molecule has 0 aliphatic heterocycles. The second kappa shape index (κ2) is 5.30. The predicted octanol–water partition coefficient (Wildman–Crippen LogP) is 2.70. The van der Waals surface area contributed by atoms with Gasteiger partial charge in [0.2, 0.25) is 5.88 Å². The summed E-state index contributed by atoms with van der Waals surface area (Å²) in [5.41, 5.74) is 1.59. The van der Waals surface area contributed by atoms with Crippen LogP contribution in [-0.2, 0) is 13.0 Å². The molecule has 0 aliphatic rings. The third-order valence-electron chi connectivity index (χ3n) is 2.69. The fourth-order valence-corrected chi connectivity index (χ4v) is 1.30. The van der Waals surface area contributed by atoms with Gasteiger partial charge in [0.15, 0.2) is 0 Å². The molecule has 0 radical (unpaired) electrons. The van der Waals surface area contributed by atoms with Crippen molar-refractivity contribution in [2.24, 2.45) is 0 Å². The third kappa shape index (κ3) is 3.49. The van der Waals surface area contributed by atoms with Crippen molar-refractivity contribution in [3.05, 3.63) is 23.4 Å². The summed E-state index contributed by atoms with van der Waals surface area (Å²) in [7, 11) is 0. The average Bonchev–Trinajstić information content (AvgIpc) is 2.28. The number of aryl methyl sites for hydroxylation is 1. The molecule has 0 spiro atoms. The number of aromatic nitrogens is 1. The smallest absolute Gasteiger partial charge is 0.214 e. The van der Waals surface area contributed by atoms with E-state index in [-0.39, 0.29) is 12.2 Å². The van der Waals surface area contributed by atoms with Crippen LogP contribution in [0.25, 0.3) is 0 Å². The van der Waals surface area contributed by atoms with E-state index in [9.17, 15) is 0 Å². The lowest BCUT2D eigenvalue weighted by atomic mass is 10.1. The van der Waals surface area contributed by atoms with E-state index in [1.807, 2.05) is 26.8 Å². The lowest BCUT2D eigenvalue weighted by Gasteiger charge is -2.24. The predicted molar refractivity (Wildman–Crippen MR) is 64.5 cm³/mol. The highest BCUT2D eigenvalue weighted by atomic mass is 16.5. The van der Waals surface area contributed by atoms with Gasteiger partial charge < -0.3 is 9.84 Å². The van der Waals surface area contributed by atoms with Crippen molar-refractivity contribution in [2.75, 3.05) is 0 Å². The molecule has 0 aliphatic carbocycles. The van der Waals surface area contributed by atoms with Gasteiger partial charge in [-0.2, -0.15) is 0 Å². The van der Waals surface area contributed by atoms with Crippen LogP contribution in [-0.4, -0.2) is 15.7 Å². The van der Waals surface area contributed by atoms with Gasteiger partial charge in [-0.25, -0.2) is 4.98 Å². The van der Waals surface area contributed by atoms with Gasteiger partial charge >= 0.3 is 0 Å². The minimum atomic E-state index is -0.216. The van der Waals surface area contributed by atoms with Crippen LogP contribution in [0.1, 0.15) is 45.4 Å². The van der Waals surface area contributed by atoms with Crippen molar-refractivity contribution in [1.82, 2.24) is 4.98 Å². The van der Waals surface area contributed by atoms with Crippen LogP contribution >= 0.6 is 0 Å². The summed E-state index contributed by atoms with van der Waals surface area (Å²) < 4.78 is 5.81. The fraction of sp³-hybridized carbons (Fsp3) is 0.615. The summed E-state index contributed by atoms with van der Waals surface area (Å²) in [6.07, 6.45) is 1.76. The molecule has 0 saturated heterocycles. The molecule has 1 aromatic rings. The lowest BCUT2D eigenvalue weighted by Crippen LogP contribution is -2.27. The summed E-state index contributed by atoms with van der Waals surface area (Å²) in [5.74, 6) is 0.607. The Morgan fingerprint density at radius 2 is 2.00 bits per heavy atom. The summed E-state index contributed by atoms with van der Waals surface area (Å²) >= 11 is 0. The first-order valence-electron chi connectivity index (χ1n) is 5.80. The molecule has 1 heterocycles. The Morgan fingerprint density at radius 1 is 1.31 bits per heavy atom. The number of nitrogens with zero attached hydrogens (tertiary/aromatic N) is 1. The molecular formula is C13H21NO2. The molecule has 16 heavy (non-hydrogen) atoms. The Morgan fingerprint density at radius 3 is 2.50 bits per heavy atom. The quantitative estimate of drug-likeness (QED) is 0.834. The standard InChI is InChI=1S/C13H21NO2/c1-5-11-7-10(9-15)8-12(14-11)16-13(3,4)6-2/h7-8,15H,5-6,9H2,1-4H3. The van der Waals surface area contributed by atoms with Crippen molar-refractivity contribution in [3.8, 4) is 5.88 Å². The number of pyridine rings is 1. The molecule has 0 fully saturated rings. The summed E-state index contributed by atoms with van der Waals surface area (Å²) in [5, 5.41) is 9.15. The van der Waals surface area contributed by atoms with Gasteiger partial charge in [-0.15, -0.1) is 0 Å².